The van der Waals surface area contributed by atoms with Gasteiger partial charge in [0.05, 0.1) is 12.7 Å². The van der Waals surface area contributed by atoms with E-state index in [-0.39, 0.29) is 0 Å². The summed E-state index contributed by atoms with van der Waals surface area (Å²) < 4.78 is 10.4. The summed E-state index contributed by atoms with van der Waals surface area (Å²) in [6.07, 6.45) is 0. The highest BCUT2D eigenvalue weighted by atomic mass is 79.9. The second-order valence-electron chi connectivity index (χ2n) is 2.70. The van der Waals surface area contributed by atoms with Crippen molar-refractivity contribution in [3.8, 4) is 17.2 Å². The largest absolute Gasteiger partial charge is 0.496 e. The van der Waals surface area contributed by atoms with Gasteiger partial charge >= 0.3 is 0 Å². The average molecular weight is 290 g/mol. The number of methoxy groups -OCH3 is 1. The summed E-state index contributed by atoms with van der Waals surface area (Å²) in [5.74, 6) is 0.981. The third-order valence-electron chi connectivity index (χ3n) is 1.79. The minimum atomic E-state index is 0.328. The molecule has 6 heteroatoms. The van der Waals surface area contributed by atoms with Crippen LogP contribution in [0.3, 0.4) is 0 Å². The first kappa shape index (κ1) is 10.4. The van der Waals surface area contributed by atoms with Crippen LogP contribution in [0.25, 0.3) is 11.5 Å². The fourth-order valence-electron chi connectivity index (χ4n) is 1.16. The maximum atomic E-state index is 5.83. The number of rotatable bonds is 2. The Bertz CT molecular complexity index is 487. The molecular formula is C9H6BrClN2O2. The molecule has 0 amide bonds. The van der Waals surface area contributed by atoms with Gasteiger partial charge in [0, 0.05) is 21.0 Å². The SMILES string of the molecule is COc1cc(Cl)ccc1-c1nnc(Br)o1. The van der Waals surface area contributed by atoms with E-state index in [0.717, 1.165) is 0 Å². The number of nitrogens with zero attached hydrogens (tertiary/aromatic N) is 2. The van der Waals surface area contributed by atoms with Crippen molar-refractivity contribution < 1.29 is 9.15 Å². The summed E-state index contributed by atoms with van der Waals surface area (Å²) in [5, 5.41) is 8.13. The first-order chi connectivity index (χ1) is 7.20. The molecule has 0 spiro atoms. The van der Waals surface area contributed by atoms with Crippen LogP contribution in [0.4, 0.5) is 0 Å². The van der Waals surface area contributed by atoms with E-state index in [9.17, 15) is 0 Å². The molecule has 2 rings (SSSR count). The van der Waals surface area contributed by atoms with Crippen LogP contribution in [0, 0.1) is 0 Å². The topological polar surface area (TPSA) is 48.2 Å². The number of hydrogen-bond donors (Lipinski definition) is 0. The van der Waals surface area contributed by atoms with Crippen molar-refractivity contribution in [1.29, 1.82) is 0 Å². The van der Waals surface area contributed by atoms with Gasteiger partial charge in [0.25, 0.3) is 10.7 Å². The van der Waals surface area contributed by atoms with E-state index < -0.39 is 0 Å². The zero-order valence-electron chi connectivity index (χ0n) is 7.70. The van der Waals surface area contributed by atoms with Crippen LogP contribution in [0.1, 0.15) is 0 Å². The second kappa shape index (κ2) is 4.20. The molecule has 0 saturated heterocycles. The molecule has 1 heterocycles. The van der Waals surface area contributed by atoms with Crippen molar-refractivity contribution in [1.82, 2.24) is 10.2 Å². The first-order valence-corrected chi connectivity index (χ1v) is 5.20. The van der Waals surface area contributed by atoms with Crippen LogP contribution in [-0.2, 0) is 0 Å². The minimum absolute atomic E-state index is 0.328. The summed E-state index contributed by atoms with van der Waals surface area (Å²) in [6.45, 7) is 0. The van der Waals surface area contributed by atoms with Gasteiger partial charge in [0.1, 0.15) is 5.75 Å². The van der Waals surface area contributed by atoms with E-state index in [1.54, 1.807) is 25.3 Å². The number of benzene rings is 1. The summed E-state index contributed by atoms with van der Waals surface area (Å²) in [6, 6.07) is 5.19. The van der Waals surface area contributed by atoms with Gasteiger partial charge in [0.15, 0.2) is 0 Å². The highest BCUT2D eigenvalue weighted by molar-refractivity contribution is 9.10. The molecular weight excluding hydrogens is 283 g/mol. The highest BCUT2D eigenvalue weighted by Gasteiger charge is 2.12. The molecule has 0 fully saturated rings. The van der Waals surface area contributed by atoms with Crippen molar-refractivity contribution in [2.24, 2.45) is 0 Å². The highest BCUT2D eigenvalue weighted by Crippen LogP contribution is 2.31. The van der Waals surface area contributed by atoms with Gasteiger partial charge in [-0.2, -0.15) is 0 Å². The standard InChI is InChI=1S/C9H6BrClN2O2/c1-14-7-4-5(11)2-3-6(7)8-12-13-9(10)15-8/h2-4H,1H3. The summed E-state index contributed by atoms with van der Waals surface area (Å²) in [5.41, 5.74) is 0.708. The fraction of sp³-hybridized carbons (Fsp3) is 0.111. The number of halogens is 2. The summed E-state index contributed by atoms with van der Waals surface area (Å²) in [4.78, 5) is 0.328. The molecule has 78 valence electrons. The lowest BCUT2D eigenvalue weighted by Gasteiger charge is -2.04. The molecule has 0 aliphatic carbocycles. The van der Waals surface area contributed by atoms with E-state index in [4.69, 9.17) is 20.8 Å². The Labute approximate surface area is 99.3 Å². The Morgan fingerprint density at radius 1 is 1.40 bits per heavy atom. The van der Waals surface area contributed by atoms with Gasteiger partial charge in [0.2, 0.25) is 0 Å². The molecule has 15 heavy (non-hydrogen) atoms. The second-order valence-corrected chi connectivity index (χ2v) is 3.82. The van der Waals surface area contributed by atoms with E-state index >= 15 is 0 Å². The van der Waals surface area contributed by atoms with Crippen molar-refractivity contribution in [2.45, 2.75) is 0 Å². The molecule has 0 bridgehead atoms. The van der Waals surface area contributed by atoms with Crippen molar-refractivity contribution in [3.63, 3.8) is 0 Å². The Hall–Kier alpha value is -1.07. The van der Waals surface area contributed by atoms with E-state index in [1.165, 1.54) is 0 Å². The van der Waals surface area contributed by atoms with Gasteiger partial charge < -0.3 is 9.15 Å². The Morgan fingerprint density at radius 3 is 2.80 bits per heavy atom. The zero-order valence-corrected chi connectivity index (χ0v) is 10.0. The van der Waals surface area contributed by atoms with E-state index in [0.29, 0.717) is 27.0 Å². The lowest BCUT2D eigenvalue weighted by atomic mass is 10.2. The lowest BCUT2D eigenvalue weighted by Crippen LogP contribution is -1.87. The number of hydrogen-bond acceptors (Lipinski definition) is 4. The Morgan fingerprint density at radius 2 is 2.20 bits per heavy atom. The molecule has 0 saturated carbocycles. The monoisotopic (exact) mass is 288 g/mol. The van der Waals surface area contributed by atoms with Crippen LogP contribution in [0.2, 0.25) is 5.02 Å². The molecule has 0 radical (unpaired) electrons. The maximum absolute atomic E-state index is 5.83. The normalized spacial score (nSPS) is 10.3. The smallest absolute Gasteiger partial charge is 0.285 e. The van der Waals surface area contributed by atoms with Crippen LogP contribution in [0.15, 0.2) is 27.4 Å². The predicted octanol–water partition coefficient (Wildman–Crippen LogP) is 3.16. The van der Waals surface area contributed by atoms with Gasteiger partial charge in [-0.05, 0) is 18.2 Å². The van der Waals surface area contributed by atoms with Crippen LogP contribution in [0.5, 0.6) is 5.75 Å². The van der Waals surface area contributed by atoms with Gasteiger partial charge in [-0.1, -0.05) is 11.6 Å². The third kappa shape index (κ3) is 2.13. The molecule has 0 N–H and O–H groups in total. The lowest BCUT2D eigenvalue weighted by molar-refractivity contribution is 0.414. The molecule has 4 nitrogen and oxygen atoms in total. The van der Waals surface area contributed by atoms with Gasteiger partial charge in [-0.25, -0.2) is 0 Å². The predicted molar refractivity (Wildman–Crippen MR) is 59.0 cm³/mol. The third-order valence-corrected chi connectivity index (χ3v) is 2.35. The zero-order chi connectivity index (χ0) is 10.8. The van der Waals surface area contributed by atoms with E-state index in [1.807, 2.05) is 0 Å². The van der Waals surface area contributed by atoms with Crippen molar-refractivity contribution in [2.75, 3.05) is 7.11 Å². The van der Waals surface area contributed by atoms with Crippen molar-refractivity contribution in [3.05, 3.63) is 28.0 Å². The molecule has 0 aliphatic rings. The molecule has 1 aromatic heterocycles. The van der Waals surface area contributed by atoms with Crippen LogP contribution in [-0.4, -0.2) is 17.3 Å². The molecule has 2 aromatic rings. The maximum Gasteiger partial charge on any atom is 0.285 e. The molecule has 1 aromatic carbocycles. The molecule has 0 aliphatic heterocycles. The Balaban J connectivity index is 2.52. The number of ether oxygens (including phenoxy) is 1. The number of aromatic nitrogens is 2. The Kier molecular flexibility index (Phi) is 2.93. The summed E-state index contributed by atoms with van der Waals surface area (Å²) >= 11 is 8.92. The molecule has 0 atom stereocenters. The minimum Gasteiger partial charge on any atom is -0.496 e. The van der Waals surface area contributed by atoms with Gasteiger partial charge in [-0.15, -0.1) is 10.2 Å². The van der Waals surface area contributed by atoms with Crippen LogP contribution < -0.4 is 4.74 Å². The first-order valence-electron chi connectivity index (χ1n) is 4.03. The average Bonchev–Trinajstić information content (AvgIpc) is 2.64. The van der Waals surface area contributed by atoms with Crippen LogP contribution >= 0.6 is 27.5 Å². The van der Waals surface area contributed by atoms with Gasteiger partial charge in [-0.3, -0.25) is 0 Å². The van der Waals surface area contributed by atoms with Crippen molar-refractivity contribution >= 4 is 27.5 Å². The van der Waals surface area contributed by atoms with E-state index in [2.05, 4.69) is 26.1 Å². The fourth-order valence-corrected chi connectivity index (χ4v) is 1.55. The summed E-state index contributed by atoms with van der Waals surface area (Å²) in [7, 11) is 1.56. The molecule has 0 unspecified atom stereocenters. The quantitative estimate of drug-likeness (QED) is 0.852.